The molecule has 0 bridgehead atoms. The van der Waals surface area contributed by atoms with Crippen LogP contribution < -0.4 is 11.1 Å². The van der Waals surface area contributed by atoms with E-state index in [0.29, 0.717) is 6.04 Å². The normalized spacial score (nSPS) is 11.9. The Morgan fingerprint density at radius 1 is 1.31 bits per heavy atom. The molecule has 0 fully saturated rings. The van der Waals surface area contributed by atoms with E-state index in [4.69, 9.17) is 5.73 Å². The molecule has 3 N–H and O–H groups in total. The van der Waals surface area contributed by atoms with Crippen molar-refractivity contribution in [3.8, 4) is 0 Å². The van der Waals surface area contributed by atoms with Crippen molar-refractivity contribution in [2.75, 3.05) is 11.1 Å². The second kappa shape index (κ2) is 5.40. The first-order chi connectivity index (χ1) is 7.63. The number of nitrogen functional groups attached to an aromatic ring is 1. The van der Waals surface area contributed by atoms with E-state index in [1.165, 1.54) is 0 Å². The maximum atomic E-state index is 5.89. The third kappa shape index (κ3) is 2.45. The first-order valence-corrected chi connectivity index (χ1v) is 5.57. The van der Waals surface area contributed by atoms with Crippen molar-refractivity contribution in [2.24, 2.45) is 0 Å². The van der Waals surface area contributed by atoms with Crippen molar-refractivity contribution in [1.82, 2.24) is 0 Å². The Kier molecular flexibility index (Phi) is 4.18. The van der Waals surface area contributed by atoms with Crippen LogP contribution in [0.4, 0.5) is 11.4 Å². The summed E-state index contributed by atoms with van der Waals surface area (Å²) in [5.74, 6) is 0. The summed E-state index contributed by atoms with van der Waals surface area (Å²) >= 11 is 0. The minimum absolute atomic E-state index is 0.431. The zero-order chi connectivity index (χ0) is 12.1. The zero-order valence-corrected chi connectivity index (χ0v) is 10.1. The van der Waals surface area contributed by atoms with Crippen molar-refractivity contribution in [1.29, 1.82) is 0 Å². The van der Waals surface area contributed by atoms with Crippen molar-refractivity contribution in [3.63, 3.8) is 0 Å². The molecule has 1 atom stereocenters. The van der Waals surface area contributed by atoms with E-state index < -0.39 is 0 Å². The number of nitrogens with one attached hydrogen (secondary N) is 1. The molecule has 1 aromatic carbocycles. The van der Waals surface area contributed by atoms with Crippen LogP contribution in [-0.4, -0.2) is 6.04 Å². The Hall–Kier alpha value is -1.70. The summed E-state index contributed by atoms with van der Waals surface area (Å²) in [7, 11) is 0. The van der Waals surface area contributed by atoms with Crippen LogP contribution in [-0.2, 0) is 0 Å². The highest BCUT2D eigenvalue weighted by atomic mass is 14.9. The minimum atomic E-state index is 0.431. The lowest BCUT2D eigenvalue weighted by molar-refractivity contribution is 0.764. The molecule has 0 saturated heterocycles. The third-order valence-corrected chi connectivity index (χ3v) is 2.74. The van der Waals surface area contributed by atoms with Gasteiger partial charge < -0.3 is 11.1 Å². The summed E-state index contributed by atoms with van der Waals surface area (Å²) in [6, 6.07) is 4.32. The van der Waals surface area contributed by atoms with E-state index in [0.717, 1.165) is 28.9 Å². The summed E-state index contributed by atoms with van der Waals surface area (Å²) in [6.45, 7) is 11.9. The van der Waals surface area contributed by atoms with E-state index in [1.54, 1.807) is 6.08 Å². The first kappa shape index (κ1) is 12.4. The number of benzene rings is 1. The van der Waals surface area contributed by atoms with Gasteiger partial charge in [0, 0.05) is 28.5 Å². The molecule has 2 heteroatoms. The van der Waals surface area contributed by atoms with Crippen molar-refractivity contribution >= 4 is 23.5 Å². The molecular weight excluding hydrogens is 196 g/mol. The molecule has 1 unspecified atom stereocenters. The Morgan fingerprint density at radius 3 is 2.44 bits per heavy atom. The van der Waals surface area contributed by atoms with Gasteiger partial charge in [0.2, 0.25) is 0 Å². The summed E-state index contributed by atoms with van der Waals surface area (Å²) in [5, 5.41) is 3.44. The Labute approximate surface area is 97.9 Å². The van der Waals surface area contributed by atoms with Crippen LogP contribution in [0.2, 0.25) is 0 Å². The Bertz CT molecular complexity index is 394. The van der Waals surface area contributed by atoms with Crippen LogP contribution in [0.25, 0.3) is 12.2 Å². The number of anilines is 2. The Balaban J connectivity index is 3.19. The monoisotopic (exact) mass is 216 g/mol. The Morgan fingerprint density at radius 2 is 1.94 bits per heavy atom. The van der Waals surface area contributed by atoms with Crippen molar-refractivity contribution in [3.05, 3.63) is 36.4 Å². The maximum absolute atomic E-state index is 5.89. The van der Waals surface area contributed by atoms with E-state index in [9.17, 15) is 0 Å². The molecule has 0 aliphatic heterocycles. The van der Waals surface area contributed by atoms with Crippen LogP contribution in [0, 0.1) is 0 Å². The molecule has 0 saturated carbocycles. The molecule has 1 aromatic rings. The molecule has 86 valence electrons. The summed E-state index contributed by atoms with van der Waals surface area (Å²) in [4.78, 5) is 0. The highest BCUT2D eigenvalue weighted by Crippen LogP contribution is 2.28. The first-order valence-electron chi connectivity index (χ1n) is 5.57. The zero-order valence-electron chi connectivity index (χ0n) is 10.1. The molecule has 0 amide bonds. The minimum Gasteiger partial charge on any atom is -0.398 e. The predicted molar refractivity (Wildman–Crippen MR) is 74.4 cm³/mol. The van der Waals surface area contributed by atoms with E-state index in [1.807, 2.05) is 18.2 Å². The molecule has 0 aromatic heterocycles. The van der Waals surface area contributed by atoms with E-state index in [-0.39, 0.29) is 0 Å². The predicted octanol–water partition coefficient (Wildman–Crippen LogP) is 3.77. The maximum Gasteiger partial charge on any atom is 0.0423 e. The quantitative estimate of drug-likeness (QED) is 0.735. The SMILES string of the molecule is C=Cc1c(N)ccc(NC(C)CC)c1C=C. The standard InChI is InChI=1S/C14H20N2/c1-5-10(4)16-14-9-8-13(15)11(6-2)12(14)7-3/h6-10,16H,2-3,5,15H2,1,4H3. The fraction of sp³-hybridized carbons (Fsp3) is 0.286. The van der Waals surface area contributed by atoms with Gasteiger partial charge >= 0.3 is 0 Å². The molecule has 0 aliphatic carbocycles. The van der Waals surface area contributed by atoms with Crippen LogP contribution in [0.1, 0.15) is 31.4 Å². The molecule has 0 aliphatic rings. The molecule has 0 spiro atoms. The molecule has 16 heavy (non-hydrogen) atoms. The van der Waals surface area contributed by atoms with Gasteiger partial charge in [-0.1, -0.05) is 32.2 Å². The second-order valence-corrected chi connectivity index (χ2v) is 3.89. The summed E-state index contributed by atoms with van der Waals surface area (Å²) < 4.78 is 0. The van der Waals surface area contributed by atoms with E-state index >= 15 is 0 Å². The average molecular weight is 216 g/mol. The fourth-order valence-electron chi connectivity index (χ4n) is 1.59. The van der Waals surface area contributed by atoms with Crippen molar-refractivity contribution < 1.29 is 0 Å². The lowest BCUT2D eigenvalue weighted by Gasteiger charge is -2.17. The van der Waals surface area contributed by atoms with Gasteiger partial charge in [0.15, 0.2) is 0 Å². The van der Waals surface area contributed by atoms with Crippen LogP contribution in [0.5, 0.6) is 0 Å². The van der Waals surface area contributed by atoms with Gasteiger partial charge in [-0.3, -0.25) is 0 Å². The summed E-state index contributed by atoms with van der Waals surface area (Å²) in [6.07, 6.45) is 4.66. The molecular formula is C14H20N2. The number of hydrogen-bond donors (Lipinski definition) is 2. The van der Waals surface area contributed by atoms with Crippen LogP contribution in [0.15, 0.2) is 25.3 Å². The highest BCUT2D eigenvalue weighted by molar-refractivity contribution is 5.81. The number of rotatable bonds is 5. The van der Waals surface area contributed by atoms with Gasteiger partial charge in [0.05, 0.1) is 0 Å². The van der Waals surface area contributed by atoms with Crippen molar-refractivity contribution in [2.45, 2.75) is 26.3 Å². The lowest BCUT2D eigenvalue weighted by Crippen LogP contribution is -2.14. The smallest absolute Gasteiger partial charge is 0.0423 e. The largest absolute Gasteiger partial charge is 0.398 e. The van der Waals surface area contributed by atoms with Crippen LogP contribution in [0.3, 0.4) is 0 Å². The number of hydrogen-bond acceptors (Lipinski definition) is 2. The molecule has 0 radical (unpaired) electrons. The van der Waals surface area contributed by atoms with Crippen LogP contribution >= 0.6 is 0 Å². The summed E-state index contributed by atoms with van der Waals surface area (Å²) in [5.41, 5.74) is 9.66. The third-order valence-electron chi connectivity index (χ3n) is 2.74. The lowest BCUT2D eigenvalue weighted by atomic mass is 10.0. The highest BCUT2D eigenvalue weighted by Gasteiger charge is 2.08. The van der Waals surface area contributed by atoms with Gasteiger partial charge in [0.1, 0.15) is 0 Å². The molecule has 2 nitrogen and oxygen atoms in total. The van der Waals surface area contributed by atoms with Gasteiger partial charge in [-0.05, 0) is 25.5 Å². The van der Waals surface area contributed by atoms with E-state index in [2.05, 4.69) is 32.3 Å². The second-order valence-electron chi connectivity index (χ2n) is 3.89. The molecule has 0 heterocycles. The fourth-order valence-corrected chi connectivity index (χ4v) is 1.59. The average Bonchev–Trinajstić information content (AvgIpc) is 2.30. The number of nitrogens with two attached hydrogens (primary N) is 1. The molecule has 1 rings (SSSR count). The van der Waals surface area contributed by atoms with Gasteiger partial charge in [0.25, 0.3) is 0 Å². The van der Waals surface area contributed by atoms with Gasteiger partial charge in [-0.25, -0.2) is 0 Å². The van der Waals surface area contributed by atoms with Gasteiger partial charge in [-0.15, -0.1) is 0 Å². The topological polar surface area (TPSA) is 38.0 Å². The van der Waals surface area contributed by atoms with Gasteiger partial charge in [-0.2, -0.15) is 0 Å².